The van der Waals surface area contributed by atoms with Crippen molar-refractivity contribution in [2.45, 2.75) is 70.6 Å². The van der Waals surface area contributed by atoms with Gasteiger partial charge in [-0.3, -0.25) is 14.4 Å². The lowest BCUT2D eigenvalue weighted by Gasteiger charge is -2.28. The summed E-state index contributed by atoms with van der Waals surface area (Å²) in [6.45, 7) is 5.50. The molecule has 5 atom stereocenters. The van der Waals surface area contributed by atoms with E-state index in [0.29, 0.717) is 32.2 Å². The van der Waals surface area contributed by atoms with Crippen LogP contribution in [0.3, 0.4) is 0 Å². The van der Waals surface area contributed by atoms with E-state index in [4.69, 9.17) is 5.73 Å². The molecule has 176 valence electrons. The van der Waals surface area contributed by atoms with E-state index < -0.39 is 42.0 Å². The maximum atomic E-state index is 12.9. The molecule has 9 heteroatoms. The highest BCUT2D eigenvalue weighted by molar-refractivity contribution is 5.94. The standard InChI is InChI=1S/C23H34N4O5/c1-4-14(2)19(23(31)32)26-20(28)15(3)25-21(29)18-11-8-12-27(18)22(30)17(24)13-16-9-6-5-7-10-16/h5-7,9-10,14-15,17-19H,4,8,11-13,24H2,1-3H3,(H,25,29)(H,26,28)(H,31,32). The molecule has 0 radical (unpaired) electrons. The molecule has 0 aromatic heterocycles. The molecular weight excluding hydrogens is 412 g/mol. The van der Waals surface area contributed by atoms with E-state index in [-0.39, 0.29) is 11.8 Å². The van der Waals surface area contributed by atoms with Gasteiger partial charge in [-0.1, -0.05) is 50.6 Å². The SMILES string of the molecule is CCC(C)C(NC(=O)C(C)NC(=O)C1CCCN1C(=O)C(N)Cc1ccccc1)C(=O)O. The number of benzene rings is 1. The van der Waals surface area contributed by atoms with Crippen molar-refractivity contribution in [3.8, 4) is 0 Å². The highest BCUT2D eigenvalue weighted by Gasteiger charge is 2.37. The zero-order valence-corrected chi connectivity index (χ0v) is 18.9. The van der Waals surface area contributed by atoms with Crippen LogP contribution >= 0.6 is 0 Å². The lowest BCUT2D eigenvalue weighted by atomic mass is 9.99. The molecule has 0 spiro atoms. The molecular formula is C23H34N4O5. The Balaban J connectivity index is 1.96. The quantitative estimate of drug-likeness (QED) is 0.416. The van der Waals surface area contributed by atoms with Crippen molar-refractivity contribution in [3.05, 3.63) is 35.9 Å². The summed E-state index contributed by atoms with van der Waals surface area (Å²) in [5, 5.41) is 14.5. The number of hydrogen-bond donors (Lipinski definition) is 4. The third-order valence-electron chi connectivity index (χ3n) is 5.98. The first-order valence-electron chi connectivity index (χ1n) is 11.1. The maximum Gasteiger partial charge on any atom is 0.326 e. The number of hydrogen-bond acceptors (Lipinski definition) is 5. The largest absolute Gasteiger partial charge is 0.480 e. The second-order valence-corrected chi connectivity index (χ2v) is 8.43. The van der Waals surface area contributed by atoms with Crippen molar-refractivity contribution in [2.75, 3.05) is 6.54 Å². The molecule has 1 saturated heterocycles. The molecule has 5 N–H and O–H groups in total. The van der Waals surface area contributed by atoms with Gasteiger partial charge in [-0.05, 0) is 37.7 Å². The van der Waals surface area contributed by atoms with Gasteiger partial charge >= 0.3 is 5.97 Å². The number of likely N-dealkylation sites (tertiary alicyclic amines) is 1. The molecule has 1 aromatic carbocycles. The van der Waals surface area contributed by atoms with Gasteiger partial charge in [0.25, 0.3) is 0 Å². The van der Waals surface area contributed by atoms with Gasteiger partial charge in [-0.25, -0.2) is 4.79 Å². The van der Waals surface area contributed by atoms with Gasteiger partial charge in [0.15, 0.2) is 0 Å². The first-order valence-corrected chi connectivity index (χ1v) is 11.1. The van der Waals surface area contributed by atoms with Crippen LogP contribution in [0.4, 0.5) is 0 Å². The number of carboxylic acids is 1. The Morgan fingerprint density at radius 1 is 1.16 bits per heavy atom. The van der Waals surface area contributed by atoms with Crippen LogP contribution in [-0.4, -0.2) is 64.4 Å². The molecule has 3 amide bonds. The van der Waals surface area contributed by atoms with E-state index in [0.717, 1.165) is 5.56 Å². The molecule has 1 aliphatic heterocycles. The minimum Gasteiger partial charge on any atom is -0.480 e. The van der Waals surface area contributed by atoms with E-state index >= 15 is 0 Å². The normalized spacial score (nSPS) is 19.5. The van der Waals surface area contributed by atoms with Crippen LogP contribution in [0.2, 0.25) is 0 Å². The lowest BCUT2D eigenvalue weighted by molar-refractivity contribution is -0.144. The number of aliphatic carboxylic acids is 1. The summed E-state index contributed by atoms with van der Waals surface area (Å²) in [6, 6.07) is 5.98. The monoisotopic (exact) mass is 446 g/mol. The molecule has 9 nitrogen and oxygen atoms in total. The number of carbonyl (C=O) groups excluding carboxylic acids is 3. The average molecular weight is 447 g/mol. The third-order valence-corrected chi connectivity index (χ3v) is 5.98. The number of carbonyl (C=O) groups is 4. The van der Waals surface area contributed by atoms with Crippen molar-refractivity contribution in [1.82, 2.24) is 15.5 Å². The fourth-order valence-corrected chi connectivity index (χ4v) is 3.81. The number of nitrogens with zero attached hydrogens (tertiary/aromatic N) is 1. The van der Waals surface area contributed by atoms with Crippen LogP contribution in [0.15, 0.2) is 30.3 Å². The van der Waals surface area contributed by atoms with Gasteiger partial charge in [-0.2, -0.15) is 0 Å². The molecule has 1 aliphatic rings. The van der Waals surface area contributed by atoms with Crippen molar-refractivity contribution >= 4 is 23.7 Å². The molecule has 2 rings (SSSR count). The summed E-state index contributed by atoms with van der Waals surface area (Å²) in [6.07, 6.45) is 2.10. The average Bonchev–Trinajstić information content (AvgIpc) is 3.26. The summed E-state index contributed by atoms with van der Waals surface area (Å²) >= 11 is 0. The van der Waals surface area contributed by atoms with Crippen LogP contribution < -0.4 is 16.4 Å². The Bertz CT molecular complexity index is 816. The minimum atomic E-state index is -1.12. The van der Waals surface area contributed by atoms with E-state index in [1.165, 1.54) is 11.8 Å². The second-order valence-electron chi connectivity index (χ2n) is 8.43. The Morgan fingerprint density at radius 2 is 1.81 bits per heavy atom. The minimum absolute atomic E-state index is 0.256. The second kappa shape index (κ2) is 11.6. The maximum absolute atomic E-state index is 12.9. The van der Waals surface area contributed by atoms with Crippen LogP contribution in [0, 0.1) is 5.92 Å². The van der Waals surface area contributed by atoms with Gasteiger partial charge in [0.2, 0.25) is 17.7 Å². The van der Waals surface area contributed by atoms with Crippen molar-refractivity contribution in [3.63, 3.8) is 0 Å². The fourth-order valence-electron chi connectivity index (χ4n) is 3.81. The summed E-state index contributed by atoms with van der Waals surface area (Å²) in [7, 11) is 0. The first-order chi connectivity index (χ1) is 15.1. The Hall–Kier alpha value is -2.94. The first kappa shape index (κ1) is 25.3. The smallest absolute Gasteiger partial charge is 0.326 e. The number of nitrogens with one attached hydrogen (secondary N) is 2. The molecule has 0 aliphatic carbocycles. The Kier molecular flexibility index (Phi) is 9.19. The zero-order chi connectivity index (χ0) is 23.8. The van der Waals surface area contributed by atoms with Gasteiger partial charge < -0.3 is 26.4 Å². The summed E-state index contributed by atoms with van der Waals surface area (Å²) in [5.74, 6) is -2.70. The molecule has 0 bridgehead atoms. The lowest BCUT2D eigenvalue weighted by Crippen LogP contribution is -2.56. The van der Waals surface area contributed by atoms with E-state index in [1.54, 1.807) is 6.92 Å². The van der Waals surface area contributed by atoms with Gasteiger partial charge in [0, 0.05) is 6.54 Å². The number of rotatable bonds is 10. The van der Waals surface area contributed by atoms with Crippen LogP contribution in [-0.2, 0) is 25.6 Å². The van der Waals surface area contributed by atoms with Crippen molar-refractivity contribution < 1.29 is 24.3 Å². The van der Waals surface area contributed by atoms with Gasteiger partial charge in [0.05, 0.1) is 6.04 Å². The van der Waals surface area contributed by atoms with E-state index in [2.05, 4.69) is 10.6 Å². The number of nitrogens with two attached hydrogens (primary N) is 1. The van der Waals surface area contributed by atoms with Crippen LogP contribution in [0.1, 0.15) is 45.6 Å². The summed E-state index contributed by atoms with van der Waals surface area (Å²) in [5.41, 5.74) is 7.06. The topological polar surface area (TPSA) is 142 Å². The van der Waals surface area contributed by atoms with Crippen molar-refractivity contribution in [1.29, 1.82) is 0 Å². The Labute approximate surface area is 188 Å². The Morgan fingerprint density at radius 3 is 2.41 bits per heavy atom. The number of carboxylic acid groups (broad SMARTS) is 1. The predicted octanol–water partition coefficient (Wildman–Crippen LogP) is 0.668. The van der Waals surface area contributed by atoms with Crippen molar-refractivity contribution in [2.24, 2.45) is 11.7 Å². The van der Waals surface area contributed by atoms with Crippen LogP contribution in [0.25, 0.3) is 0 Å². The molecule has 0 saturated carbocycles. The summed E-state index contributed by atoms with van der Waals surface area (Å²) < 4.78 is 0. The van der Waals surface area contributed by atoms with Gasteiger partial charge in [-0.15, -0.1) is 0 Å². The van der Waals surface area contributed by atoms with Gasteiger partial charge in [0.1, 0.15) is 18.1 Å². The molecule has 5 unspecified atom stereocenters. The highest BCUT2D eigenvalue weighted by Crippen LogP contribution is 2.19. The molecule has 32 heavy (non-hydrogen) atoms. The summed E-state index contributed by atoms with van der Waals surface area (Å²) in [4.78, 5) is 51.1. The molecule has 1 fully saturated rings. The zero-order valence-electron chi connectivity index (χ0n) is 18.9. The van der Waals surface area contributed by atoms with Crippen LogP contribution in [0.5, 0.6) is 0 Å². The fraction of sp³-hybridized carbons (Fsp3) is 0.565. The number of amides is 3. The molecule has 1 heterocycles. The predicted molar refractivity (Wildman–Crippen MR) is 119 cm³/mol. The third kappa shape index (κ3) is 6.53. The van der Waals surface area contributed by atoms with E-state index in [1.807, 2.05) is 37.3 Å². The molecule has 1 aromatic rings. The van der Waals surface area contributed by atoms with E-state index in [9.17, 15) is 24.3 Å². The highest BCUT2D eigenvalue weighted by atomic mass is 16.4.